The van der Waals surface area contributed by atoms with Gasteiger partial charge in [0.05, 0.1) is 0 Å². The molecule has 0 aromatic rings. The van der Waals surface area contributed by atoms with E-state index in [1.807, 2.05) is 0 Å². The Morgan fingerprint density at radius 1 is 1.77 bits per heavy atom. The van der Waals surface area contributed by atoms with Crippen LogP contribution >= 0.6 is 0 Å². The maximum Gasteiger partial charge on any atom is 0.120 e. The minimum Gasteiger partial charge on any atom is -0.303 e. The third-order valence-corrected chi connectivity index (χ3v) is 2.74. The first kappa shape index (κ1) is 10.2. The quantitative estimate of drug-likeness (QED) is 0.477. The minimum absolute atomic E-state index is 0.659. The molecule has 0 saturated heterocycles. The normalized spacial score (nSPS) is 22.2. The first-order valence-corrected chi connectivity index (χ1v) is 5.01. The minimum atomic E-state index is 0.659. The molecule has 1 rings (SSSR count). The highest BCUT2D eigenvalue weighted by Crippen LogP contribution is 2.30. The molecule has 0 unspecified atom stereocenters. The van der Waals surface area contributed by atoms with Crippen LogP contribution in [0.2, 0.25) is 0 Å². The summed E-state index contributed by atoms with van der Waals surface area (Å²) in [6.07, 6.45) is 8.45. The third kappa shape index (κ3) is 3.17. The van der Waals surface area contributed by atoms with Crippen molar-refractivity contribution in [2.75, 3.05) is 0 Å². The molecule has 0 saturated carbocycles. The van der Waals surface area contributed by atoms with Crippen molar-refractivity contribution in [3.63, 3.8) is 0 Å². The summed E-state index contributed by atoms with van der Waals surface area (Å²) in [6.45, 7) is 6.10. The van der Waals surface area contributed by atoms with E-state index in [9.17, 15) is 4.79 Å². The van der Waals surface area contributed by atoms with E-state index in [1.54, 1.807) is 0 Å². The Balaban J connectivity index is 2.44. The molecular formula is C12H18O. The molecule has 0 bridgehead atoms. The Kier molecular flexibility index (Phi) is 3.94. The van der Waals surface area contributed by atoms with Crippen LogP contribution in [-0.2, 0) is 4.79 Å². The second kappa shape index (κ2) is 5.00. The fourth-order valence-electron chi connectivity index (χ4n) is 1.86. The van der Waals surface area contributed by atoms with Crippen molar-refractivity contribution >= 4 is 6.29 Å². The predicted octanol–water partition coefficient (Wildman–Crippen LogP) is 3.27. The van der Waals surface area contributed by atoms with Crippen LogP contribution in [0.5, 0.6) is 0 Å². The van der Waals surface area contributed by atoms with Crippen LogP contribution in [0.1, 0.15) is 39.0 Å². The second-order valence-electron chi connectivity index (χ2n) is 3.89. The zero-order chi connectivity index (χ0) is 9.68. The lowest BCUT2D eigenvalue weighted by atomic mass is 9.83. The predicted molar refractivity (Wildman–Crippen MR) is 55.5 cm³/mol. The molecule has 0 aromatic heterocycles. The van der Waals surface area contributed by atoms with Gasteiger partial charge in [0.15, 0.2) is 0 Å². The summed E-state index contributed by atoms with van der Waals surface area (Å²) in [5.41, 5.74) is 2.74. The zero-order valence-electron chi connectivity index (χ0n) is 8.38. The average Bonchev–Trinajstić information content (AvgIpc) is 2.15. The molecule has 0 radical (unpaired) electrons. The first-order valence-electron chi connectivity index (χ1n) is 5.01. The molecule has 0 aromatic carbocycles. The number of allylic oxidation sites excluding steroid dienone is 3. The summed E-state index contributed by atoms with van der Waals surface area (Å²) in [5, 5.41) is 0. The van der Waals surface area contributed by atoms with Gasteiger partial charge in [-0.25, -0.2) is 0 Å². The number of rotatable bonds is 4. The fraction of sp³-hybridized carbons (Fsp3) is 0.583. The van der Waals surface area contributed by atoms with Gasteiger partial charge in [0.25, 0.3) is 0 Å². The standard InChI is InChI=1S/C12H18O/c1-10(2)12-7-3-5-11(9-12)6-4-8-13/h5,8,12H,1,3-4,6-7,9H2,2H3/t12-/m1/s1. The van der Waals surface area contributed by atoms with Gasteiger partial charge in [0.1, 0.15) is 6.29 Å². The van der Waals surface area contributed by atoms with Gasteiger partial charge in [-0.3, -0.25) is 0 Å². The summed E-state index contributed by atoms with van der Waals surface area (Å²) in [6, 6.07) is 0. The van der Waals surface area contributed by atoms with E-state index in [4.69, 9.17) is 0 Å². The number of aldehydes is 1. The van der Waals surface area contributed by atoms with Crippen LogP contribution in [0.4, 0.5) is 0 Å². The van der Waals surface area contributed by atoms with Crippen molar-refractivity contribution in [1.82, 2.24) is 0 Å². The number of hydrogen-bond donors (Lipinski definition) is 0. The number of carbonyl (C=O) groups excluding carboxylic acids is 1. The molecule has 0 heterocycles. The smallest absolute Gasteiger partial charge is 0.120 e. The lowest BCUT2D eigenvalue weighted by Crippen LogP contribution is -2.07. The van der Waals surface area contributed by atoms with E-state index in [1.165, 1.54) is 17.6 Å². The molecule has 1 heteroatoms. The Hall–Kier alpha value is -0.850. The van der Waals surface area contributed by atoms with E-state index in [0.717, 1.165) is 25.5 Å². The third-order valence-electron chi connectivity index (χ3n) is 2.74. The summed E-state index contributed by atoms with van der Waals surface area (Å²) < 4.78 is 0. The maximum atomic E-state index is 10.2. The van der Waals surface area contributed by atoms with E-state index in [2.05, 4.69) is 19.6 Å². The van der Waals surface area contributed by atoms with Gasteiger partial charge < -0.3 is 4.79 Å². The summed E-state index contributed by atoms with van der Waals surface area (Å²) >= 11 is 0. The molecule has 0 N–H and O–H groups in total. The molecule has 1 atom stereocenters. The fourth-order valence-corrected chi connectivity index (χ4v) is 1.86. The molecule has 1 aliphatic carbocycles. The Morgan fingerprint density at radius 3 is 3.15 bits per heavy atom. The Labute approximate surface area is 80.5 Å². The van der Waals surface area contributed by atoms with Crippen molar-refractivity contribution in [3.8, 4) is 0 Å². The summed E-state index contributed by atoms with van der Waals surface area (Å²) in [5.74, 6) is 0.659. The zero-order valence-corrected chi connectivity index (χ0v) is 8.38. The summed E-state index contributed by atoms with van der Waals surface area (Å²) in [7, 11) is 0. The van der Waals surface area contributed by atoms with Crippen LogP contribution in [-0.4, -0.2) is 6.29 Å². The largest absolute Gasteiger partial charge is 0.303 e. The molecule has 72 valence electrons. The molecular weight excluding hydrogens is 160 g/mol. The topological polar surface area (TPSA) is 17.1 Å². The molecule has 0 amide bonds. The average molecular weight is 178 g/mol. The molecule has 0 aliphatic heterocycles. The van der Waals surface area contributed by atoms with Gasteiger partial charge in [-0.2, -0.15) is 0 Å². The van der Waals surface area contributed by atoms with Crippen LogP contribution in [0.15, 0.2) is 23.8 Å². The van der Waals surface area contributed by atoms with Crippen molar-refractivity contribution < 1.29 is 4.79 Å². The van der Waals surface area contributed by atoms with Gasteiger partial charge >= 0.3 is 0 Å². The lowest BCUT2D eigenvalue weighted by molar-refractivity contribution is -0.107. The number of hydrogen-bond acceptors (Lipinski definition) is 1. The van der Waals surface area contributed by atoms with Crippen LogP contribution in [0.3, 0.4) is 0 Å². The van der Waals surface area contributed by atoms with Crippen LogP contribution in [0, 0.1) is 5.92 Å². The summed E-state index contributed by atoms with van der Waals surface area (Å²) in [4.78, 5) is 10.2. The number of carbonyl (C=O) groups is 1. The molecule has 0 spiro atoms. The van der Waals surface area contributed by atoms with Crippen LogP contribution in [0.25, 0.3) is 0 Å². The second-order valence-corrected chi connectivity index (χ2v) is 3.89. The van der Waals surface area contributed by atoms with Crippen LogP contribution < -0.4 is 0 Å². The van der Waals surface area contributed by atoms with E-state index in [0.29, 0.717) is 12.3 Å². The highest BCUT2D eigenvalue weighted by Gasteiger charge is 2.15. The SMILES string of the molecule is C=C(C)[C@@H]1CCC=C(CCC=O)C1. The molecule has 0 fully saturated rings. The van der Waals surface area contributed by atoms with Crippen molar-refractivity contribution in [2.24, 2.45) is 5.92 Å². The highest BCUT2D eigenvalue weighted by molar-refractivity contribution is 5.49. The van der Waals surface area contributed by atoms with E-state index in [-0.39, 0.29) is 0 Å². The van der Waals surface area contributed by atoms with E-state index >= 15 is 0 Å². The van der Waals surface area contributed by atoms with E-state index < -0.39 is 0 Å². The molecule has 13 heavy (non-hydrogen) atoms. The van der Waals surface area contributed by atoms with Gasteiger partial charge in [-0.05, 0) is 38.5 Å². The highest BCUT2D eigenvalue weighted by atomic mass is 16.1. The van der Waals surface area contributed by atoms with Gasteiger partial charge in [0, 0.05) is 6.42 Å². The Morgan fingerprint density at radius 2 is 2.54 bits per heavy atom. The maximum absolute atomic E-state index is 10.2. The van der Waals surface area contributed by atoms with Gasteiger partial charge in [-0.1, -0.05) is 23.8 Å². The van der Waals surface area contributed by atoms with Crippen molar-refractivity contribution in [3.05, 3.63) is 23.8 Å². The lowest BCUT2D eigenvalue weighted by Gasteiger charge is -2.22. The van der Waals surface area contributed by atoms with Gasteiger partial charge in [0.2, 0.25) is 0 Å². The molecule has 1 aliphatic rings. The van der Waals surface area contributed by atoms with Gasteiger partial charge in [-0.15, -0.1) is 0 Å². The van der Waals surface area contributed by atoms with Crippen molar-refractivity contribution in [1.29, 1.82) is 0 Å². The van der Waals surface area contributed by atoms with Crippen molar-refractivity contribution in [2.45, 2.75) is 39.0 Å². The first-order chi connectivity index (χ1) is 6.24. The monoisotopic (exact) mass is 178 g/mol. The molecule has 1 nitrogen and oxygen atoms in total. The Bertz CT molecular complexity index is 225.